The minimum Gasteiger partial charge on any atom is -0.379 e. The van der Waals surface area contributed by atoms with Crippen molar-refractivity contribution in [3.8, 4) is 0 Å². The molecule has 0 radical (unpaired) electrons. The van der Waals surface area contributed by atoms with Crippen molar-refractivity contribution < 1.29 is 9.25 Å². The molecule has 1 aliphatic heterocycles. The van der Waals surface area contributed by atoms with Crippen LogP contribution in [0.1, 0.15) is 13.8 Å². The first-order valence-corrected chi connectivity index (χ1v) is 8.34. The van der Waals surface area contributed by atoms with Crippen LogP contribution in [-0.4, -0.2) is 63.9 Å². The molecule has 3 N–H and O–H groups in total. The molecule has 0 bridgehead atoms. The molecular formula is C13H23N8OS+. The van der Waals surface area contributed by atoms with Crippen LogP contribution in [0.15, 0.2) is 0 Å². The molecule has 23 heavy (non-hydrogen) atoms. The summed E-state index contributed by atoms with van der Waals surface area (Å²) in [6.07, 6.45) is 0. The topological polar surface area (TPSA) is 87.1 Å². The third-order valence-corrected chi connectivity index (χ3v) is 3.94. The average molecular weight is 339 g/mol. The smallest absolute Gasteiger partial charge is 0.353 e. The number of nitrogens with one attached hydrogen (secondary N) is 3. The van der Waals surface area contributed by atoms with Crippen molar-refractivity contribution in [3.05, 3.63) is 4.77 Å². The Morgan fingerprint density at radius 1 is 1.22 bits per heavy atom. The first kappa shape index (κ1) is 16.1. The molecule has 0 amide bonds. The van der Waals surface area contributed by atoms with Gasteiger partial charge in [0, 0.05) is 26.2 Å². The second kappa shape index (κ2) is 7.20. The van der Waals surface area contributed by atoms with E-state index >= 15 is 0 Å². The predicted molar refractivity (Wildman–Crippen MR) is 89.1 cm³/mol. The summed E-state index contributed by atoms with van der Waals surface area (Å²) >= 11 is 5.49. The van der Waals surface area contributed by atoms with Crippen LogP contribution < -0.4 is 15.1 Å². The van der Waals surface area contributed by atoms with Crippen LogP contribution in [0.5, 0.6) is 0 Å². The van der Waals surface area contributed by atoms with Crippen LogP contribution in [0.3, 0.4) is 0 Å². The van der Waals surface area contributed by atoms with Gasteiger partial charge in [-0.2, -0.15) is 4.68 Å². The molecule has 1 saturated heterocycles. The summed E-state index contributed by atoms with van der Waals surface area (Å²) < 4.78 is 9.91. The van der Waals surface area contributed by atoms with Gasteiger partial charge in [0.05, 0.1) is 13.2 Å². The molecule has 10 heteroatoms. The van der Waals surface area contributed by atoms with Crippen LogP contribution in [0.4, 0.5) is 11.9 Å². The Kier molecular flexibility index (Phi) is 5.03. The van der Waals surface area contributed by atoms with Gasteiger partial charge in [-0.25, -0.2) is 4.98 Å². The van der Waals surface area contributed by atoms with Crippen LogP contribution in [-0.2, 0) is 11.4 Å². The number of morpholine rings is 1. The lowest BCUT2D eigenvalue weighted by Crippen LogP contribution is -2.45. The molecular weight excluding hydrogens is 316 g/mol. The average Bonchev–Trinajstić information content (AvgIpc) is 2.85. The summed E-state index contributed by atoms with van der Waals surface area (Å²) in [7, 11) is 0. The molecule has 2 aromatic heterocycles. The van der Waals surface area contributed by atoms with Crippen LogP contribution in [0.2, 0.25) is 0 Å². The highest BCUT2D eigenvalue weighted by Crippen LogP contribution is 2.06. The van der Waals surface area contributed by atoms with E-state index in [1.54, 1.807) is 0 Å². The molecule has 0 aromatic carbocycles. The highest BCUT2D eigenvalue weighted by molar-refractivity contribution is 7.71. The first-order chi connectivity index (χ1) is 11.2. The number of fused-ring (bicyclic) bond motifs is 1. The molecule has 0 unspecified atom stereocenters. The number of ether oxygens (including phenoxy) is 1. The highest BCUT2D eigenvalue weighted by atomic mass is 32.1. The van der Waals surface area contributed by atoms with E-state index in [-0.39, 0.29) is 0 Å². The highest BCUT2D eigenvalue weighted by Gasteiger charge is 2.21. The van der Waals surface area contributed by atoms with E-state index in [0.717, 1.165) is 39.4 Å². The lowest BCUT2D eigenvalue weighted by atomic mass is 10.4. The zero-order valence-corrected chi connectivity index (χ0v) is 14.3. The fraction of sp³-hybridized carbons (Fsp3) is 0.692. The van der Waals surface area contributed by atoms with Crippen LogP contribution in [0, 0.1) is 4.77 Å². The number of nitrogens with zero attached hydrogens (tertiary/aromatic N) is 5. The van der Waals surface area contributed by atoms with Gasteiger partial charge in [-0.3, -0.25) is 4.90 Å². The van der Waals surface area contributed by atoms with Crippen molar-refractivity contribution in [2.75, 3.05) is 50.0 Å². The Labute approximate surface area is 139 Å². The zero-order chi connectivity index (χ0) is 16.2. The van der Waals surface area contributed by atoms with Gasteiger partial charge in [-0.1, -0.05) is 9.97 Å². The molecule has 0 atom stereocenters. The number of aromatic nitrogens is 5. The molecule has 1 aliphatic rings. The largest absolute Gasteiger partial charge is 0.379 e. The lowest BCUT2D eigenvalue weighted by Gasteiger charge is -2.26. The van der Waals surface area contributed by atoms with Gasteiger partial charge in [0.15, 0.2) is 0 Å². The normalized spacial score (nSPS) is 15.9. The van der Waals surface area contributed by atoms with Gasteiger partial charge in [-0.15, -0.1) is 4.52 Å². The number of H-pyrrole nitrogens is 1. The quantitative estimate of drug-likeness (QED) is 0.513. The SMILES string of the molecule is CCNc1nc(NCC)[n+]2c(n1)[nH]c(=S)n2CN1CCOCC1. The van der Waals surface area contributed by atoms with Gasteiger partial charge in [0.25, 0.3) is 0 Å². The van der Waals surface area contributed by atoms with Gasteiger partial charge in [0.2, 0.25) is 4.77 Å². The lowest BCUT2D eigenvalue weighted by molar-refractivity contribution is -0.605. The first-order valence-electron chi connectivity index (χ1n) is 7.93. The molecule has 126 valence electrons. The molecule has 1 fully saturated rings. The van der Waals surface area contributed by atoms with Gasteiger partial charge >= 0.3 is 17.7 Å². The monoisotopic (exact) mass is 339 g/mol. The van der Waals surface area contributed by atoms with Crippen molar-refractivity contribution in [2.45, 2.75) is 20.5 Å². The third-order valence-electron chi connectivity index (χ3n) is 3.63. The van der Waals surface area contributed by atoms with E-state index in [9.17, 15) is 0 Å². The molecule has 3 heterocycles. The molecule has 9 nitrogen and oxygen atoms in total. The number of anilines is 2. The van der Waals surface area contributed by atoms with Crippen molar-refractivity contribution in [1.82, 2.24) is 24.5 Å². The standard InChI is InChI=1S/C13H22N8OS/c1-3-14-10-16-11(15-4-2)21-12(17-10)18-13(23)20(21)9-19-5-7-22-8-6-19/h3-9H2,1-2H3,(H2,14,15,16,17,18,23)/p+1. The Morgan fingerprint density at radius 2 is 1.96 bits per heavy atom. The van der Waals surface area contributed by atoms with Gasteiger partial charge < -0.3 is 15.4 Å². The van der Waals surface area contributed by atoms with Crippen molar-refractivity contribution >= 4 is 29.9 Å². The van der Waals surface area contributed by atoms with E-state index in [1.165, 1.54) is 0 Å². The van der Waals surface area contributed by atoms with Crippen molar-refractivity contribution in [1.29, 1.82) is 0 Å². The number of hydrogen-bond acceptors (Lipinski definition) is 7. The summed E-state index contributed by atoms with van der Waals surface area (Å²) in [4.78, 5) is 14.5. The Hall–Kier alpha value is -1.78. The Bertz CT molecular complexity index is 721. The number of hydrogen-bond donors (Lipinski definition) is 3. The summed E-state index contributed by atoms with van der Waals surface area (Å²) in [6, 6.07) is 0. The van der Waals surface area contributed by atoms with Gasteiger partial charge in [0.1, 0.15) is 6.67 Å². The molecule has 0 saturated carbocycles. The molecule has 0 spiro atoms. The summed E-state index contributed by atoms with van der Waals surface area (Å²) in [5, 5.41) is 6.42. The van der Waals surface area contributed by atoms with Crippen molar-refractivity contribution in [3.63, 3.8) is 0 Å². The number of aromatic amines is 1. The second-order valence-corrected chi connectivity index (χ2v) is 5.66. The fourth-order valence-electron chi connectivity index (χ4n) is 2.55. The predicted octanol–water partition coefficient (Wildman–Crippen LogP) is 0.228. The maximum atomic E-state index is 5.49. The fourth-order valence-corrected chi connectivity index (χ4v) is 2.78. The maximum Gasteiger partial charge on any atom is 0.353 e. The molecule has 2 aromatic rings. The zero-order valence-electron chi connectivity index (χ0n) is 13.5. The molecule has 3 rings (SSSR count). The van der Waals surface area contributed by atoms with E-state index in [1.807, 2.05) is 23.0 Å². The minimum absolute atomic E-state index is 0.582. The van der Waals surface area contributed by atoms with Crippen LogP contribution in [0.25, 0.3) is 5.78 Å². The van der Waals surface area contributed by atoms with E-state index < -0.39 is 0 Å². The summed E-state index contributed by atoms with van der Waals surface area (Å²) in [6.45, 7) is 9.54. The van der Waals surface area contributed by atoms with E-state index in [0.29, 0.717) is 29.1 Å². The maximum absolute atomic E-state index is 5.49. The van der Waals surface area contributed by atoms with E-state index in [4.69, 9.17) is 17.0 Å². The number of rotatable bonds is 6. The second-order valence-electron chi connectivity index (χ2n) is 5.27. The summed E-state index contributed by atoms with van der Waals surface area (Å²) in [5.74, 6) is 1.97. The minimum atomic E-state index is 0.582. The van der Waals surface area contributed by atoms with Gasteiger partial charge in [-0.05, 0) is 26.1 Å². The van der Waals surface area contributed by atoms with Crippen molar-refractivity contribution in [2.24, 2.45) is 0 Å². The van der Waals surface area contributed by atoms with E-state index in [2.05, 4.69) is 30.5 Å². The Morgan fingerprint density at radius 3 is 2.65 bits per heavy atom. The Balaban J connectivity index is 2.02. The molecule has 0 aliphatic carbocycles. The third kappa shape index (κ3) is 3.43. The summed E-state index contributed by atoms with van der Waals surface area (Å²) in [5.41, 5.74) is 0. The van der Waals surface area contributed by atoms with Crippen LogP contribution >= 0.6 is 12.2 Å².